The molecule has 0 radical (unpaired) electrons. The molecule has 0 bridgehead atoms. The highest BCUT2D eigenvalue weighted by atomic mass is 32.2. The van der Waals surface area contributed by atoms with Gasteiger partial charge in [0.25, 0.3) is 0 Å². The van der Waals surface area contributed by atoms with Crippen molar-refractivity contribution in [3.05, 3.63) is 36.4 Å². The van der Waals surface area contributed by atoms with E-state index in [2.05, 4.69) is 11.3 Å². The summed E-state index contributed by atoms with van der Waals surface area (Å²) in [7, 11) is -2.33. The summed E-state index contributed by atoms with van der Waals surface area (Å²) in [5.41, 5.74) is 0.300. The van der Waals surface area contributed by atoms with Crippen LogP contribution in [0.3, 0.4) is 0 Å². The SMILES string of the molecule is C=CC(C)NS(=O)(=O)c1ccc(OC)c(CC(=O)O)c1. The molecule has 0 amide bonds. The molecule has 0 aliphatic heterocycles. The van der Waals surface area contributed by atoms with Gasteiger partial charge in [-0.1, -0.05) is 6.08 Å². The molecule has 0 heterocycles. The quantitative estimate of drug-likeness (QED) is 0.737. The van der Waals surface area contributed by atoms with Gasteiger partial charge in [0.2, 0.25) is 10.0 Å². The van der Waals surface area contributed by atoms with Crippen LogP contribution in [0.5, 0.6) is 5.75 Å². The number of aliphatic carboxylic acids is 1. The van der Waals surface area contributed by atoms with E-state index in [0.717, 1.165) is 0 Å². The maximum atomic E-state index is 12.1. The maximum Gasteiger partial charge on any atom is 0.307 e. The molecule has 110 valence electrons. The topological polar surface area (TPSA) is 92.7 Å². The predicted octanol–water partition coefficient (Wildman–Crippen LogP) is 1.18. The molecular formula is C13H17NO5S. The van der Waals surface area contributed by atoms with Crippen molar-refractivity contribution >= 4 is 16.0 Å². The minimum atomic E-state index is -3.72. The number of ether oxygens (including phenoxy) is 1. The summed E-state index contributed by atoms with van der Waals surface area (Å²) in [4.78, 5) is 10.8. The van der Waals surface area contributed by atoms with Crippen molar-refractivity contribution in [3.8, 4) is 5.75 Å². The number of carboxylic acid groups (broad SMARTS) is 1. The van der Waals surface area contributed by atoms with Crippen molar-refractivity contribution in [2.45, 2.75) is 24.3 Å². The lowest BCUT2D eigenvalue weighted by Crippen LogP contribution is -2.31. The summed E-state index contributed by atoms with van der Waals surface area (Å²) in [6.07, 6.45) is 1.14. The molecule has 1 aromatic carbocycles. The summed E-state index contributed by atoms with van der Waals surface area (Å²) < 4.78 is 31.6. The van der Waals surface area contributed by atoms with E-state index in [-0.39, 0.29) is 11.3 Å². The third-order valence-electron chi connectivity index (χ3n) is 2.60. The zero-order valence-corrected chi connectivity index (χ0v) is 12.1. The van der Waals surface area contributed by atoms with Gasteiger partial charge in [0.1, 0.15) is 5.75 Å². The van der Waals surface area contributed by atoms with E-state index in [0.29, 0.717) is 11.3 Å². The molecule has 7 heteroatoms. The van der Waals surface area contributed by atoms with E-state index in [4.69, 9.17) is 9.84 Å². The molecule has 0 saturated heterocycles. The Morgan fingerprint density at radius 3 is 2.70 bits per heavy atom. The Morgan fingerprint density at radius 1 is 1.55 bits per heavy atom. The second-order valence-electron chi connectivity index (χ2n) is 4.19. The second-order valence-corrected chi connectivity index (χ2v) is 5.90. The van der Waals surface area contributed by atoms with Crippen molar-refractivity contribution < 1.29 is 23.1 Å². The summed E-state index contributed by atoms with van der Waals surface area (Å²) in [5, 5.41) is 8.83. The number of sulfonamides is 1. The molecule has 6 nitrogen and oxygen atoms in total. The van der Waals surface area contributed by atoms with Gasteiger partial charge >= 0.3 is 5.97 Å². The van der Waals surface area contributed by atoms with Crippen molar-refractivity contribution in [2.75, 3.05) is 7.11 Å². The number of hydrogen-bond acceptors (Lipinski definition) is 4. The molecule has 1 aromatic rings. The van der Waals surface area contributed by atoms with Crippen LogP contribution in [0.25, 0.3) is 0 Å². The standard InChI is InChI=1S/C13H17NO5S/c1-4-9(2)14-20(17,18)11-5-6-12(19-3)10(7-11)8-13(15)16/h4-7,9,14H,1,8H2,2-3H3,(H,15,16). The van der Waals surface area contributed by atoms with E-state index >= 15 is 0 Å². The molecule has 0 saturated carbocycles. The molecule has 1 unspecified atom stereocenters. The normalized spacial score (nSPS) is 12.7. The third-order valence-corrected chi connectivity index (χ3v) is 4.16. The summed E-state index contributed by atoms with van der Waals surface area (Å²) in [5.74, 6) is -0.728. The first-order valence-corrected chi connectivity index (χ1v) is 7.32. The molecule has 0 aliphatic rings. The van der Waals surface area contributed by atoms with Crippen LogP contribution in [-0.2, 0) is 21.2 Å². The average Bonchev–Trinajstić information content (AvgIpc) is 2.37. The van der Waals surface area contributed by atoms with Crippen LogP contribution in [0.4, 0.5) is 0 Å². The predicted molar refractivity (Wildman–Crippen MR) is 74.3 cm³/mol. The minimum absolute atomic E-state index is 0.0109. The molecule has 0 aromatic heterocycles. The first-order chi connectivity index (χ1) is 9.30. The first kappa shape index (κ1) is 16.2. The van der Waals surface area contributed by atoms with E-state index in [1.165, 1.54) is 31.4 Å². The van der Waals surface area contributed by atoms with Crippen LogP contribution in [0.2, 0.25) is 0 Å². The van der Waals surface area contributed by atoms with Gasteiger partial charge in [0, 0.05) is 11.6 Å². The van der Waals surface area contributed by atoms with Gasteiger partial charge < -0.3 is 9.84 Å². The van der Waals surface area contributed by atoms with Crippen LogP contribution < -0.4 is 9.46 Å². The fourth-order valence-electron chi connectivity index (χ4n) is 1.58. The van der Waals surface area contributed by atoms with Gasteiger partial charge in [0.05, 0.1) is 18.4 Å². The van der Waals surface area contributed by atoms with Crippen molar-refractivity contribution in [2.24, 2.45) is 0 Å². The van der Waals surface area contributed by atoms with E-state index in [9.17, 15) is 13.2 Å². The Labute approximate surface area is 118 Å². The molecule has 0 spiro atoms. The third kappa shape index (κ3) is 4.07. The highest BCUT2D eigenvalue weighted by molar-refractivity contribution is 7.89. The second kappa shape index (κ2) is 6.53. The summed E-state index contributed by atoms with van der Waals surface area (Å²) in [6, 6.07) is 3.67. The lowest BCUT2D eigenvalue weighted by molar-refractivity contribution is -0.136. The zero-order valence-electron chi connectivity index (χ0n) is 11.3. The number of carboxylic acids is 1. The Bertz CT molecular complexity index is 609. The van der Waals surface area contributed by atoms with Crippen molar-refractivity contribution in [1.82, 2.24) is 4.72 Å². The van der Waals surface area contributed by atoms with Crippen LogP contribution in [0.1, 0.15) is 12.5 Å². The Balaban J connectivity index is 3.19. The molecule has 20 heavy (non-hydrogen) atoms. The minimum Gasteiger partial charge on any atom is -0.496 e. The molecule has 1 rings (SSSR count). The molecular weight excluding hydrogens is 282 g/mol. The fourth-order valence-corrected chi connectivity index (χ4v) is 2.85. The van der Waals surface area contributed by atoms with Crippen LogP contribution in [0.15, 0.2) is 35.7 Å². The first-order valence-electron chi connectivity index (χ1n) is 5.83. The van der Waals surface area contributed by atoms with Gasteiger partial charge in [-0.25, -0.2) is 13.1 Å². The number of methoxy groups -OCH3 is 1. The summed E-state index contributed by atoms with van der Waals surface area (Å²) >= 11 is 0. The Kier molecular flexibility index (Phi) is 5.29. The lowest BCUT2D eigenvalue weighted by atomic mass is 10.1. The number of rotatable bonds is 7. The molecule has 0 fully saturated rings. The Hall–Kier alpha value is -1.86. The van der Waals surface area contributed by atoms with Gasteiger partial charge in [0.15, 0.2) is 0 Å². The lowest BCUT2D eigenvalue weighted by Gasteiger charge is -2.13. The van der Waals surface area contributed by atoms with Crippen LogP contribution >= 0.6 is 0 Å². The highest BCUT2D eigenvalue weighted by Gasteiger charge is 2.18. The van der Waals surface area contributed by atoms with Crippen LogP contribution in [0, 0.1) is 0 Å². The largest absolute Gasteiger partial charge is 0.496 e. The number of benzene rings is 1. The average molecular weight is 299 g/mol. The van der Waals surface area contributed by atoms with E-state index < -0.39 is 22.0 Å². The Morgan fingerprint density at radius 2 is 2.20 bits per heavy atom. The monoisotopic (exact) mass is 299 g/mol. The maximum absolute atomic E-state index is 12.1. The summed E-state index contributed by atoms with van der Waals surface area (Å²) in [6.45, 7) is 5.14. The van der Waals surface area contributed by atoms with Gasteiger partial charge in [-0.2, -0.15) is 0 Å². The highest BCUT2D eigenvalue weighted by Crippen LogP contribution is 2.23. The molecule has 2 N–H and O–H groups in total. The number of hydrogen-bond donors (Lipinski definition) is 2. The smallest absolute Gasteiger partial charge is 0.307 e. The van der Waals surface area contributed by atoms with Gasteiger partial charge in [-0.15, -0.1) is 6.58 Å². The van der Waals surface area contributed by atoms with E-state index in [1.54, 1.807) is 6.92 Å². The van der Waals surface area contributed by atoms with Gasteiger partial charge in [-0.05, 0) is 25.1 Å². The number of nitrogens with one attached hydrogen (secondary N) is 1. The van der Waals surface area contributed by atoms with Crippen LogP contribution in [-0.4, -0.2) is 32.6 Å². The number of carbonyl (C=O) groups is 1. The molecule has 1 atom stereocenters. The van der Waals surface area contributed by atoms with Crippen molar-refractivity contribution in [1.29, 1.82) is 0 Å². The van der Waals surface area contributed by atoms with E-state index in [1.807, 2.05) is 0 Å². The zero-order chi connectivity index (χ0) is 15.3. The van der Waals surface area contributed by atoms with Gasteiger partial charge in [-0.3, -0.25) is 4.79 Å². The molecule has 0 aliphatic carbocycles. The van der Waals surface area contributed by atoms with Crippen molar-refractivity contribution in [3.63, 3.8) is 0 Å². The fraction of sp³-hybridized carbons (Fsp3) is 0.308.